The van der Waals surface area contributed by atoms with Gasteiger partial charge in [-0.05, 0) is 11.4 Å². The number of hydrogen-bond acceptors (Lipinski definition) is 5. The quantitative estimate of drug-likeness (QED) is 0.862. The van der Waals surface area contributed by atoms with Gasteiger partial charge in [0.2, 0.25) is 0 Å². The van der Waals surface area contributed by atoms with E-state index in [-0.39, 0.29) is 6.42 Å². The van der Waals surface area contributed by atoms with Gasteiger partial charge in [0, 0.05) is 10.8 Å². The molecule has 2 aromatic rings. The minimum absolute atomic E-state index is 0.0260. The average molecular weight is 240 g/mol. The maximum atomic E-state index is 10.4. The molecule has 0 aromatic carbocycles. The van der Waals surface area contributed by atoms with Crippen molar-refractivity contribution >= 4 is 39.5 Å². The molecule has 2 aromatic heterocycles. The fourth-order valence-corrected chi connectivity index (χ4v) is 2.38. The Balaban J connectivity index is 2.04. The first-order chi connectivity index (χ1) is 7.24. The van der Waals surface area contributed by atoms with Gasteiger partial charge in [0.25, 0.3) is 0 Å². The van der Waals surface area contributed by atoms with Gasteiger partial charge in [-0.3, -0.25) is 4.79 Å². The highest BCUT2D eigenvalue weighted by Crippen LogP contribution is 2.22. The van der Waals surface area contributed by atoms with E-state index in [2.05, 4.69) is 10.3 Å². The van der Waals surface area contributed by atoms with E-state index in [1.54, 1.807) is 16.7 Å². The maximum absolute atomic E-state index is 10.4. The van der Waals surface area contributed by atoms with Gasteiger partial charge in [-0.15, -0.1) is 11.3 Å². The molecule has 0 saturated carbocycles. The summed E-state index contributed by atoms with van der Waals surface area (Å²) in [4.78, 5) is 14.6. The third-order valence-electron chi connectivity index (χ3n) is 1.66. The summed E-state index contributed by atoms with van der Waals surface area (Å²) in [5, 5.41) is 18.1. The van der Waals surface area contributed by atoms with E-state index >= 15 is 0 Å². The molecule has 6 heteroatoms. The fourth-order valence-electron chi connectivity index (χ4n) is 1.06. The highest BCUT2D eigenvalue weighted by molar-refractivity contribution is 7.13. The lowest BCUT2D eigenvalue weighted by molar-refractivity contribution is -0.136. The molecule has 4 nitrogen and oxygen atoms in total. The van der Waals surface area contributed by atoms with Gasteiger partial charge >= 0.3 is 5.97 Å². The minimum atomic E-state index is -0.859. The molecule has 2 heterocycles. The Morgan fingerprint density at radius 1 is 1.53 bits per heavy atom. The van der Waals surface area contributed by atoms with Crippen LogP contribution in [0.4, 0.5) is 10.8 Å². The van der Waals surface area contributed by atoms with Gasteiger partial charge in [0.1, 0.15) is 0 Å². The molecular formula is C9H8N2O2S2. The summed E-state index contributed by atoms with van der Waals surface area (Å²) in [6, 6.07) is 1.95. The fraction of sp³-hybridized carbons (Fsp3) is 0.111. The molecule has 0 unspecified atom stereocenters. The molecule has 0 saturated heterocycles. The largest absolute Gasteiger partial charge is 0.481 e. The Labute approximate surface area is 94.2 Å². The van der Waals surface area contributed by atoms with Gasteiger partial charge < -0.3 is 10.4 Å². The van der Waals surface area contributed by atoms with Gasteiger partial charge in [0.05, 0.1) is 17.8 Å². The van der Waals surface area contributed by atoms with Crippen molar-refractivity contribution < 1.29 is 9.90 Å². The van der Waals surface area contributed by atoms with E-state index in [0.29, 0.717) is 5.69 Å². The normalized spacial score (nSPS) is 10.1. The first-order valence-corrected chi connectivity index (χ1v) is 6.02. The zero-order chi connectivity index (χ0) is 10.7. The van der Waals surface area contributed by atoms with Crippen molar-refractivity contribution in [2.24, 2.45) is 0 Å². The minimum Gasteiger partial charge on any atom is -0.481 e. The Morgan fingerprint density at radius 2 is 2.40 bits per heavy atom. The summed E-state index contributed by atoms with van der Waals surface area (Å²) in [6.45, 7) is 0. The van der Waals surface area contributed by atoms with Crippen LogP contribution in [-0.2, 0) is 11.2 Å². The first kappa shape index (κ1) is 10.1. The van der Waals surface area contributed by atoms with Crippen LogP contribution >= 0.6 is 22.7 Å². The molecular weight excluding hydrogens is 232 g/mol. The highest BCUT2D eigenvalue weighted by Gasteiger charge is 2.06. The molecule has 2 rings (SSSR count). The summed E-state index contributed by atoms with van der Waals surface area (Å²) >= 11 is 3.01. The van der Waals surface area contributed by atoms with Crippen LogP contribution in [0.3, 0.4) is 0 Å². The van der Waals surface area contributed by atoms with E-state index in [4.69, 9.17) is 5.11 Å². The van der Waals surface area contributed by atoms with E-state index in [1.807, 2.05) is 16.8 Å². The first-order valence-electron chi connectivity index (χ1n) is 4.19. The smallest absolute Gasteiger partial charge is 0.309 e. The van der Waals surface area contributed by atoms with Crippen LogP contribution in [0.2, 0.25) is 0 Å². The van der Waals surface area contributed by atoms with Crippen LogP contribution in [0.1, 0.15) is 5.69 Å². The van der Waals surface area contributed by atoms with Gasteiger partial charge in [0.15, 0.2) is 5.13 Å². The predicted octanol–water partition coefficient (Wildman–Crippen LogP) is 2.58. The van der Waals surface area contributed by atoms with Crippen molar-refractivity contribution in [3.8, 4) is 0 Å². The zero-order valence-electron chi connectivity index (χ0n) is 7.64. The summed E-state index contributed by atoms with van der Waals surface area (Å²) in [6.07, 6.45) is -0.0260. The second-order valence-corrected chi connectivity index (χ2v) is 4.49. The number of thiazole rings is 1. The second-order valence-electron chi connectivity index (χ2n) is 2.85. The number of carboxylic acid groups (broad SMARTS) is 1. The SMILES string of the molecule is O=C(O)Cc1csc(Nc2ccsc2)n1. The number of carbonyl (C=O) groups is 1. The van der Waals surface area contributed by atoms with E-state index in [0.717, 1.165) is 10.8 Å². The van der Waals surface area contributed by atoms with Crippen LogP contribution in [-0.4, -0.2) is 16.1 Å². The number of thiophene rings is 1. The Hall–Kier alpha value is -1.40. The number of aromatic nitrogens is 1. The lowest BCUT2D eigenvalue weighted by atomic mass is 10.3. The summed E-state index contributed by atoms with van der Waals surface area (Å²) in [5.74, 6) is -0.859. The molecule has 0 fully saturated rings. The van der Waals surface area contributed by atoms with Gasteiger partial charge in [-0.2, -0.15) is 11.3 Å². The summed E-state index contributed by atoms with van der Waals surface area (Å²) < 4.78 is 0. The molecule has 0 spiro atoms. The van der Waals surface area contributed by atoms with Crippen molar-refractivity contribution in [2.45, 2.75) is 6.42 Å². The number of carboxylic acids is 1. The third-order valence-corrected chi connectivity index (χ3v) is 3.15. The molecule has 0 aliphatic rings. The van der Waals surface area contributed by atoms with Crippen molar-refractivity contribution in [3.63, 3.8) is 0 Å². The third kappa shape index (κ3) is 2.77. The number of nitrogens with zero attached hydrogens (tertiary/aromatic N) is 1. The zero-order valence-corrected chi connectivity index (χ0v) is 9.27. The number of rotatable bonds is 4. The molecule has 15 heavy (non-hydrogen) atoms. The van der Waals surface area contributed by atoms with Gasteiger partial charge in [-0.25, -0.2) is 4.98 Å². The van der Waals surface area contributed by atoms with Crippen LogP contribution < -0.4 is 5.32 Å². The Kier molecular flexibility index (Phi) is 2.98. The monoisotopic (exact) mass is 240 g/mol. The van der Waals surface area contributed by atoms with Gasteiger partial charge in [-0.1, -0.05) is 0 Å². The number of anilines is 2. The molecule has 0 aliphatic heterocycles. The highest BCUT2D eigenvalue weighted by atomic mass is 32.1. The number of aliphatic carboxylic acids is 1. The average Bonchev–Trinajstić information content (AvgIpc) is 2.77. The summed E-state index contributed by atoms with van der Waals surface area (Å²) in [5.41, 5.74) is 1.57. The Bertz CT molecular complexity index is 450. The van der Waals surface area contributed by atoms with E-state index < -0.39 is 5.97 Å². The second kappa shape index (κ2) is 4.41. The topological polar surface area (TPSA) is 62.2 Å². The van der Waals surface area contributed by atoms with E-state index in [9.17, 15) is 4.79 Å². The molecule has 0 amide bonds. The predicted molar refractivity (Wildman–Crippen MR) is 61.1 cm³/mol. The van der Waals surface area contributed by atoms with Crippen molar-refractivity contribution in [2.75, 3.05) is 5.32 Å². The number of nitrogens with one attached hydrogen (secondary N) is 1. The molecule has 0 aliphatic carbocycles. The molecule has 0 bridgehead atoms. The molecule has 2 N–H and O–H groups in total. The lowest BCUT2D eigenvalue weighted by Crippen LogP contribution is -2.00. The Morgan fingerprint density at radius 3 is 3.07 bits per heavy atom. The molecule has 78 valence electrons. The maximum Gasteiger partial charge on any atom is 0.309 e. The van der Waals surface area contributed by atoms with Crippen molar-refractivity contribution in [1.82, 2.24) is 4.98 Å². The lowest BCUT2D eigenvalue weighted by Gasteiger charge is -1.96. The summed E-state index contributed by atoms with van der Waals surface area (Å²) in [7, 11) is 0. The van der Waals surface area contributed by atoms with Crippen molar-refractivity contribution in [3.05, 3.63) is 27.9 Å². The van der Waals surface area contributed by atoms with Crippen LogP contribution in [0.25, 0.3) is 0 Å². The van der Waals surface area contributed by atoms with E-state index in [1.165, 1.54) is 11.3 Å². The molecule has 0 radical (unpaired) electrons. The number of hydrogen-bond donors (Lipinski definition) is 2. The standard InChI is InChI=1S/C9H8N2O2S2/c12-8(13)3-7-5-15-9(11-7)10-6-1-2-14-4-6/h1-2,4-5H,3H2,(H,10,11)(H,12,13). The van der Waals surface area contributed by atoms with Crippen LogP contribution in [0, 0.1) is 0 Å². The van der Waals surface area contributed by atoms with Crippen molar-refractivity contribution in [1.29, 1.82) is 0 Å². The molecule has 0 atom stereocenters. The van der Waals surface area contributed by atoms with Crippen LogP contribution in [0.5, 0.6) is 0 Å². The van der Waals surface area contributed by atoms with Crippen LogP contribution in [0.15, 0.2) is 22.2 Å².